The highest BCUT2D eigenvalue weighted by Crippen LogP contribution is 2.41. The number of carbonyl (C=O) groups excluding carboxylic acids is 3. The highest BCUT2D eigenvalue weighted by Gasteiger charge is 2.55. The number of benzene rings is 2. The van der Waals surface area contributed by atoms with Gasteiger partial charge in [-0.05, 0) is 43.4 Å². The molecule has 1 fully saturated rings. The molecule has 2 aliphatic rings. The Morgan fingerprint density at radius 1 is 1.15 bits per heavy atom. The minimum atomic E-state index is -1.02. The van der Waals surface area contributed by atoms with E-state index in [-0.39, 0.29) is 18.2 Å². The monoisotopic (exact) mass is 348 g/mol. The van der Waals surface area contributed by atoms with Crippen molar-refractivity contribution in [2.45, 2.75) is 32.2 Å². The lowest BCUT2D eigenvalue weighted by molar-refractivity contribution is -0.131. The number of nitrogens with zero attached hydrogens (tertiary/aromatic N) is 1. The van der Waals surface area contributed by atoms with Crippen LogP contribution < -0.4 is 5.32 Å². The van der Waals surface area contributed by atoms with Gasteiger partial charge in [0.15, 0.2) is 5.78 Å². The van der Waals surface area contributed by atoms with Crippen LogP contribution in [0.25, 0.3) is 0 Å². The van der Waals surface area contributed by atoms with E-state index >= 15 is 0 Å². The molecule has 0 unspecified atom stereocenters. The van der Waals surface area contributed by atoms with Gasteiger partial charge >= 0.3 is 6.03 Å². The first-order valence-electron chi connectivity index (χ1n) is 8.75. The fourth-order valence-electron chi connectivity index (χ4n) is 4.09. The number of urea groups is 1. The Balaban J connectivity index is 1.62. The molecule has 0 bridgehead atoms. The Hall–Kier alpha value is -2.95. The molecule has 26 heavy (non-hydrogen) atoms. The van der Waals surface area contributed by atoms with Crippen molar-refractivity contribution >= 4 is 17.7 Å². The number of nitrogens with one attached hydrogen (secondary N) is 1. The molecule has 4 rings (SSSR count). The molecule has 1 N–H and O–H groups in total. The molecule has 1 aliphatic carbocycles. The second kappa shape index (κ2) is 5.80. The standard InChI is InChI=1S/C21H20N2O3/c1-13-7-8-16(14(2)11-13)18(24)12-23-19(25)21(22-20(23)26)10-9-15-5-3-4-6-17(15)21/h3-8,11H,9-10,12H2,1-2H3,(H,22,26)/t21-/m1/s1. The van der Waals surface area contributed by atoms with Crippen molar-refractivity contribution in [2.75, 3.05) is 6.54 Å². The lowest BCUT2D eigenvalue weighted by Crippen LogP contribution is -2.42. The molecule has 5 nitrogen and oxygen atoms in total. The van der Waals surface area contributed by atoms with E-state index in [0.717, 1.165) is 33.6 Å². The van der Waals surface area contributed by atoms with Gasteiger partial charge in [0, 0.05) is 5.56 Å². The smallest absolute Gasteiger partial charge is 0.319 e. The Bertz CT molecular complexity index is 950. The van der Waals surface area contributed by atoms with Crippen LogP contribution in [0.4, 0.5) is 4.79 Å². The Kier molecular flexibility index (Phi) is 3.68. The van der Waals surface area contributed by atoms with Crippen molar-refractivity contribution < 1.29 is 14.4 Å². The Morgan fingerprint density at radius 3 is 2.69 bits per heavy atom. The minimum absolute atomic E-state index is 0.227. The van der Waals surface area contributed by atoms with Crippen molar-refractivity contribution in [3.63, 3.8) is 0 Å². The Morgan fingerprint density at radius 2 is 1.92 bits per heavy atom. The van der Waals surface area contributed by atoms with Gasteiger partial charge in [0.05, 0.1) is 6.54 Å². The van der Waals surface area contributed by atoms with E-state index in [1.165, 1.54) is 0 Å². The zero-order valence-corrected chi connectivity index (χ0v) is 14.8. The maximum absolute atomic E-state index is 13.1. The summed E-state index contributed by atoms with van der Waals surface area (Å²) < 4.78 is 0. The average molecular weight is 348 g/mol. The number of rotatable bonds is 3. The first-order chi connectivity index (χ1) is 12.4. The van der Waals surface area contributed by atoms with Crippen LogP contribution in [0.1, 0.15) is 39.0 Å². The van der Waals surface area contributed by atoms with Gasteiger partial charge in [0.2, 0.25) is 0 Å². The van der Waals surface area contributed by atoms with Crippen LogP contribution in [-0.4, -0.2) is 29.2 Å². The van der Waals surface area contributed by atoms with E-state index in [9.17, 15) is 14.4 Å². The molecule has 0 aromatic heterocycles. The van der Waals surface area contributed by atoms with Gasteiger partial charge in [-0.25, -0.2) is 4.79 Å². The topological polar surface area (TPSA) is 66.5 Å². The minimum Gasteiger partial charge on any atom is -0.319 e. The van der Waals surface area contributed by atoms with Gasteiger partial charge in [-0.1, -0.05) is 48.0 Å². The molecular formula is C21H20N2O3. The van der Waals surface area contributed by atoms with Crippen LogP contribution in [0.2, 0.25) is 0 Å². The summed E-state index contributed by atoms with van der Waals surface area (Å²) in [4.78, 5) is 39.4. The second-order valence-electron chi connectivity index (χ2n) is 7.13. The second-order valence-corrected chi connectivity index (χ2v) is 7.13. The highest BCUT2D eigenvalue weighted by molar-refractivity contribution is 6.12. The van der Waals surface area contributed by atoms with Crippen molar-refractivity contribution in [3.05, 3.63) is 70.3 Å². The highest BCUT2D eigenvalue weighted by atomic mass is 16.2. The lowest BCUT2D eigenvalue weighted by Gasteiger charge is -2.22. The van der Waals surface area contributed by atoms with Crippen LogP contribution in [0.15, 0.2) is 42.5 Å². The van der Waals surface area contributed by atoms with Gasteiger partial charge in [-0.2, -0.15) is 0 Å². The number of aryl methyl sites for hydroxylation is 3. The quantitative estimate of drug-likeness (QED) is 0.685. The lowest BCUT2D eigenvalue weighted by atomic mass is 9.91. The molecule has 1 saturated heterocycles. The molecule has 1 heterocycles. The van der Waals surface area contributed by atoms with Crippen molar-refractivity contribution in [2.24, 2.45) is 0 Å². The molecular weight excluding hydrogens is 328 g/mol. The number of amides is 3. The van der Waals surface area contributed by atoms with E-state index < -0.39 is 11.6 Å². The number of carbonyl (C=O) groups is 3. The van der Waals surface area contributed by atoms with Crippen LogP contribution in [0.5, 0.6) is 0 Å². The summed E-state index contributed by atoms with van der Waals surface area (Å²) in [6, 6.07) is 12.7. The van der Waals surface area contributed by atoms with E-state index in [1.807, 2.05) is 50.2 Å². The number of imide groups is 1. The molecule has 3 amide bonds. The van der Waals surface area contributed by atoms with E-state index in [0.29, 0.717) is 12.0 Å². The van der Waals surface area contributed by atoms with Gasteiger partial charge in [-0.15, -0.1) is 0 Å². The van der Waals surface area contributed by atoms with Gasteiger partial charge in [0.1, 0.15) is 5.54 Å². The molecule has 1 spiro atoms. The number of hydrogen-bond donors (Lipinski definition) is 1. The van der Waals surface area contributed by atoms with E-state index in [1.54, 1.807) is 6.07 Å². The zero-order chi connectivity index (χ0) is 18.5. The number of Topliss-reactive ketones (excluding diaryl/α,β-unsaturated/α-hetero) is 1. The first kappa shape index (κ1) is 16.5. The predicted molar refractivity (Wildman–Crippen MR) is 96.9 cm³/mol. The van der Waals surface area contributed by atoms with Crippen LogP contribution in [0, 0.1) is 13.8 Å². The normalized spacial score (nSPS) is 21.2. The van der Waals surface area contributed by atoms with Crippen molar-refractivity contribution in [1.82, 2.24) is 10.2 Å². The summed E-state index contributed by atoms with van der Waals surface area (Å²) in [5.74, 6) is -0.556. The molecule has 1 aliphatic heterocycles. The zero-order valence-electron chi connectivity index (χ0n) is 14.8. The number of ketones is 1. The summed E-state index contributed by atoms with van der Waals surface area (Å²) in [7, 11) is 0. The fourth-order valence-corrected chi connectivity index (χ4v) is 4.09. The third-order valence-corrected chi connectivity index (χ3v) is 5.41. The molecule has 0 saturated carbocycles. The average Bonchev–Trinajstić information content (AvgIpc) is 3.09. The summed E-state index contributed by atoms with van der Waals surface area (Å²) in [6.45, 7) is 3.58. The molecule has 1 atom stereocenters. The third-order valence-electron chi connectivity index (χ3n) is 5.41. The maximum Gasteiger partial charge on any atom is 0.325 e. The summed E-state index contributed by atoms with van der Waals surface area (Å²) in [6.07, 6.45) is 1.27. The predicted octanol–water partition coefficient (Wildman–Crippen LogP) is 2.88. The van der Waals surface area contributed by atoms with Gasteiger partial charge < -0.3 is 5.32 Å². The van der Waals surface area contributed by atoms with Crippen molar-refractivity contribution in [1.29, 1.82) is 0 Å². The van der Waals surface area contributed by atoms with Crippen LogP contribution >= 0.6 is 0 Å². The van der Waals surface area contributed by atoms with E-state index in [2.05, 4.69) is 5.32 Å². The van der Waals surface area contributed by atoms with Gasteiger partial charge in [0.25, 0.3) is 5.91 Å². The van der Waals surface area contributed by atoms with Crippen LogP contribution in [-0.2, 0) is 16.8 Å². The first-order valence-corrected chi connectivity index (χ1v) is 8.75. The van der Waals surface area contributed by atoms with Crippen LogP contribution in [0.3, 0.4) is 0 Å². The van der Waals surface area contributed by atoms with Crippen molar-refractivity contribution in [3.8, 4) is 0 Å². The fraction of sp³-hybridized carbons (Fsp3) is 0.286. The molecule has 132 valence electrons. The third kappa shape index (κ3) is 2.35. The largest absolute Gasteiger partial charge is 0.325 e. The number of hydrogen-bond acceptors (Lipinski definition) is 3. The molecule has 2 aromatic rings. The van der Waals surface area contributed by atoms with E-state index in [4.69, 9.17) is 0 Å². The maximum atomic E-state index is 13.1. The SMILES string of the molecule is Cc1ccc(C(=O)CN2C(=O)N[C@@]3(CCc4ccccc43)C2=O)c(C)c1. The summed E-state index contributed by atoms with van der Waals surface area (Å²) in [5, 5.41) is 2.85. The summed E-state index contributed by atoms with van der Waals surface area (Å²) >= 11 is 0. The number of fused-ring (bicyclic) bond motifs is 2. The molecule has 2 aromatic carbocycles. The van der Waals surface area contributed by atoms with Gasteiger partial charge in [-0.3, -0.25) is 14.5 Å². The Labute approximate surface area is 152 Å². The molecule has 0 radical (unpaired) electrons. The summed E-state index contributed by atoms with van der Waals surface area (Å²) in [5.41, 5.74) is 3.36. The molecule has 5 heteroatoms.